The zero-order valence-electron chi connectivity index (χ0n) is 36.1. The monoisotopic (exact) mass is 811 g/mol. The number of fused-ring (bicyclic) bond motifs is 1. The first-order valence-corrected chi connectivity index (χ1v) is 20.8. The Balaban J connectivity index is 1.47. The molecule has 5 rings (SSSR count). The number of aromatic nitrogens is 3. The summed E-state index contributed by atoms with van der Waals surface area (Å²) in [6.45, 7) is 17.5. The quantitative estimate of drug-likeness (QED) is 0.240. The van der Waals surface area contributed by atoms with Gasteiger partial charge in [0.2, 0.25) is 0 Å². The molecule has 0 bridgehead atoms. The Morgan fingerprint density at radius 1 is 1.03 bits per heavy atom. The number of aryl methyl sites for hydroxylation is 1. The molecule has 1 N–H and O–H groups in total. The molecular formula is C43H65N5O10. The maximum absolute atomic E-state index is 14.7. The molecule has 2 aromatic heterocycles. The number of hydrogen-bond donors (Lipinski definition) is 1. The van der Waals surface area contributed by atoms with Crippen molar-refractivity contribution in [1.29, 1.82) is 0 Å². The van der Waals surface area contributed by atoms with Crippen LogP contribution in [0.5, 0.6) is 0 Å². The molecule has 3 aliphatic heterocycles. The number of imidazole rings is 1. The Morgan fingerprint density at radius 2 is 1.76 bits per heavy atom. The maximum Gasteiger partial charge on any atom is 0.410 e. The zero-order valence-corrected chi connectivity index (χ0v) is 36.1. The lowest BCUT2D eigenvalue weighted by Gasteiger charge is -2.47. The highest BCUT2D eigenvalue weighted by atomic mass is 16.7. The van der Waals surface area contributed by atoms with Crippen molar-refractivity contribution in [1.82, 2.24) is 24.3 Å². The van der Waals surface area contributed by atoms with Crippen LogP contribution >= 0.6 is 0 Å². The molecular weight excluding hydrogens is 746 g/mol. The van der Waals surface area contributed by atoms with Gasteiger partial charge in [-0.05, 0) is 79.1 Å². The number of ketones is 2. The minimum absolute atomic E-state index is 0.125. The number of methoxy groups -OCH3 is 1. The van der Waals surface area contributed by atoms with Crippen molar-refractivity contribution in [3.63, 3.8) is 0 Å². The summed E-state index contributed by atoms with van der Waals surface area (Å²) in [6, 6.07) is 2.70. The lowest BCUT2D eigenvalue weighted by molar-refractivity contribution is -0.296. The summed E-state index contributed by atoms with van der Waals surface area (Å²) in [6.07, 6.45) is 3.52. The minimum atomic E-state index is -1.42. The van der Waals surface area contributed by atoms with Gasteiger partial charge in [-0.2, -0.15) is 0 Å². The Morgan fingerprint density at radius 3 is 2.40 bits per heavy atom. The molecule has 0 aromatic carbocycles. The van der Waals surface area contributed by atoms with Crippen LogP contribution in [0.25, 0.3) is 11.3 Å². The van der Waals surface area contributed by atoms with E-state index in [-0.39, 0.29) is 37.3 Å². The number of pyridine rings is 1. The number of aliphatic hydroxyl groups is 1. The van der Waals surface area contributed by atoms with E-state index in [0.29, 0.717) is 25.9 Å². The van der Waals surface area contributed by atoms with E-state index >= 15 is 0 Å². The van der Waals surface area contributed by atoms with Crippen LogP contribution in [0.1, 0.15) is 88.0 Å². The molecule has 3 aliphatic rings. The van der Waals surface area contributed by atoms with Crippen molar-refractivity contribution in [3.8, 4) is 11.3 Å². The lowest BCUT2D eigenvalue weighted by atomic mass is 9.73. The number of rotatable bonds is 11. The maximum atomic E-state index is 14.7. The standard InChI is InChI=1S/C43H65N5O10/c1-12-33-43(9)37(48(41(53)58-43)19-15-18-47-23-31(45-24-47)30-16-14-17-44-22-30)27(5)34(49)25(3)21-42(8,54-11)38(28(6)35(50)29(7)39(52)56-33)57-40-36(51)32(46(10)13-2)20-26(4)55-40/h14,16-17,22-29,32-33,36-38,40,51H,12-13,15,18-21H2,1-11H3/t25-,26-,27+,28+,29-,32+,33-,36-,37+,38-,40+,42-,43-/m1/s1. The first-order valence-electron chi connectivity index (χ1n) is 20.8. The van der Waals surface area contributed by atoms with E-state index < -0.39 is 83.4 Å². The number of hydrogen-bond acceptors (Lipinski definition) is 13. The molecule has 15 heteroatoms. The van der Waals surface area contributed by atoms with Crippen molar-refractivity contribution >= 4 is 23.6 Å². The average molecular weight is 812 g/mol. The van der Waals surface area contributed by atoms with Crippen molar-refractivity contribution in [2.45, 2.75) is 149 Å². The molecule has 2 aromatic rings. The number of Topliss-reactive ketones (excluding diaryl/α,β-unsaturated/α-hetero) is 2. The van der Waals surface area contributed by atoms with Crippen LogP contribution in [0, 0.1) is 23.7 Å². The molecule has 58 heavy (non-hydrogen) atoms. The van der Waals surface area contributed by atoms with Gasteiger partial charge >= 0.3 is 12.1 Å². The van der Waals surface area contributed by atoms with Crippen LogP contribution in [-0.2, 0) is 44.6 Å². The first-order chi connectivity index (χ1) is 27.4. The van der Waals surface area contributed by atoms with Crippen molar-refractivity contribution in [2.24, 2.45) is 23.7 Å². The molecule has 0 aliphatic carbocycles. The third-order valence-corrected chi connectivity index (χ3v) is 13.0. The largest absolute Gasteiger partial charge is 0.458 e. The van der Waals surface area contributed by atoms with Gasteiger partial charge in [0, 0.05) is 68.1 Å². The number of ether oxygens (including phenoxy) is 5. The lowest BCUT2D eigenvalue weighted by Crippen LogP contribution is -2.60. The van der Waals surface area contributed by atoms with Gasteiger partial charge in [-0.1, -0.05) is 34.6 Å². The molecule has 1 amide bonds. The summed E-state index contributed by atoms with van der Waals surface area (Å²) in [5, 5.41) is 11.6. The number of esters is 1. The van der Waals surface area contributed by atoms with Gasteiger partial charge < -0.3 is 43.2 Å². The van der Waals surface area contributed by atoms with Crippen molar-refractivity contribution < 1.29 is 48.0 Å². The number of carbonyl (C=O) groups excluding carboxylic acids is 4. The topological polar surface area (TPSA) is 172 Å². The average Bonchev–Trinajstić information content (AvgIpc) is 3.79. The second-order valence-corrected chi connectivity index (χ2v) is 17.1. The fraction of sp³-hybridized carbons (Fsp3) is 0.721. The normalized spacial score (nSPS) is 36.7. The third-order valence-electron chi connectivity index (χ3n) is 13.0. The van der Waals surface area contributed by atoms with Gasteiger partial charge in [-0.15, -0.1) is 0 Å². The molecule has 3 saturated heterocycles. The van der Waals surface area contributed by atoms with Crippen LogP contribution in [0.15, 0.2) is 37.1 Å². The second kappa shape index (κ2) is 18.7. The van der Waals surface area contributed by atoms with E-state index in [4.69, 9.17) is 23.7 Å². The number of nitrogens with zero attached hydrogens (tertiary/aromatic N) is 5. The molecule has 15 nitrogen and oxygen atoms in total. The number of carbonyl (C=O) groups is 4. The molecule has 0 spiro atoms. The van der Waals surface area contributed by atoms with Crippen molar-refractivity contribution in [2.75, 3.05) is 27.2 Å². The SMILES string of the molecule is CC[C@H]1OC(=O)[C@H](C)C(=O)[C@H](C)[C@@H](O[C@@H]2O[C@H](C)C[C@H](N(C)CC)[C@H]2O)[C@](C)(OC)C[C@@H](C)C(=O)[C@H](C)[C@@H]2N(CCCn3cnc(-c4cccnc4)c3)C(=O)O[C@@]21C. The molecule has 322 valence electrons. The fourth-order valence-electron chi connectivity index (χ4n) is 9.44. The number of aliphatic hydroxyl groups excluding tert-OH is 1. The van der Waals surface area contributed by atoms with E-state index in [0.717, 1.165) is 11.3 Å². The number of likely N-dealkylation sites (N-methyl/N-ethyl adjacent to an activating group) is 1. The number of amides is 1. The summed E-state index contributed by atoms with van der Waals surface area (Å²) in [5.74, 6) is -5.00. The van der Waals surface area contributed by atoms with E-state index in [1.807, 2.05) is 62.5 Å². The highest BCUT2D eigenvalue weighted by molar-refractivity contribution is 6.00. The van der Waals surface area contributed by atoms with Crippen LogP contribution < -0.4 is 0 Å². The summed E-state index contributed by atoms with van der Waals surface area (Å²) in [4.78, 5) is 69.3. The van der Waals surface area contributed by atoms with Crippen LogP contribution in [0.3, 0.4) is 0 Å². The van der Waals surface area contributed by atoms with Gasteiger partial charge in [0.15, 0.2) is 17.7 Å². The van der Waals surface area contributed by atoms with Gasteiger partial charge in [-0.3, -0.25) is 19.4 Å². The summed E-state index contributed by atoms with van der Waals surface area (Å²) in [7, 11) is 3.42. The molecule has 0 radical (unpaired) electrons. The van der Waals surface area contributed by atoms with E-state index in [9.17, 15) is 24.3 Å². The van der Waals surface area contributed by atoms with Crippen LogP contribution in [-0.4, -0.2) is 134 Å². The third kappa shape index (κ3) is 9.18. The molecule has 0 unspecified atom stereocenters. The Hall–Kier alpha value is -3.76. The summed E-state index contributed by atoms with van der Waals surface area (Å²) >= 11 is 0. The summed E-state index contributed by atoms with van der Waals surface area (Å²) in [5.41, 5.74) is -1.03. The molecule has 5 heterocycles. The number of cyclic esters (lactones) is 1. The summed E-state index contributed by atoms with van der Waals surface area (Å²) < 4.78 is 33.3. The fourth-order valence-corrected chi connectivity index (χ4v) is 9.44. The molecule has 13 atom stereocenters. The Kier molecular flexibility index (Phi) is 14.6. The Labute approximate surface area is 343 Å². The van der Waals surface area contributed by atoms with Crippen LogP contribution in [0.4, 0.5) is 4.79 Å². The minimum Gasteiger partial charge on any atom is -0.458 e. The van der Waals surface area contributed by atoms with Gasteiger partial charge in [0.05, 0.1) is 35.9 Å². The van der Waals surface area contributed by atoms with Gasteiger partial charge in [0.1, 0.15) is 23.9 Å². The highest BCUT2D eigenvalue weighted by Gasteiger charge is 2.60. The zero-order chi connectivity index (χ0) is 42.7. The van der Waals surface area contributed by atoms with E-state index in [1.54, 1.807) is 51.3 Å². The van der Waals surface area contributed by atoms with Crippen molar-refractivity contribution in [3.05, 3.63) is 37.1 Å². The second-order valence-electron chi connectivity index (χ2n) is 17.1. The molecule has 3 fully saturated rings. The predicted molar refractivity (Wildman–Crippen MR) is 214 cm³/mol. The van der Waals surface area contributed by atoms with Gasteiger partial charge in [0.25, 0.3) is 0 Å². The van der Waals surface area contributed by atoms with E-state index in [1.165, 1.54) is 14.0 Å². The predicted octanol–water partition coefficient (Wildman–Crippen LogP) is 4.93. The first kappa shape index (κ1) is 45.3. The van der Waals surface area contributed by atoms with Crippen LogP contribution in [0.2, 0.25) is 0 Å². The molecule has 0 saturated carbocycles. The van der Waals surface area contributed by atoms with E-state index in [2.05, 4.69) is 9.97 Å². The highest BCUT2D eigenvalue weighted by Crippen LogP contribution is 2.43. The smallest absolute Gasteiger partial charge is 0.410 e. The Bertz CT molecular complexity index is 1740. The van der Waals surface area contributed by atoms with Gasteiger partial charge in [-0.25, -0.2) is 9.78 Å².